The molecule has 1 aliphatic rings. The number of aryl methyl sites for hydroxylation is 1. The van der Waals surface area contributed by atoms with Crippen LogP contribution in [0.1, 0.15) is 10.4 Å². The highest BCUT2D eigenvalue weighted by molar-refractivity contribution is 6.09. The van der Waals surface area contributed by atoms with Crippen LogP contribution in [-0.2, 0) is 7.05 Å². The molecule has 0 spiro atoms. The number of benzene rings is 1. The molecule has 0 saturated heterocycles. The van der Waals surface area contributed by atoms with E-state index in [0.29, 0.717) is 17.9 Å². The molecule has 0 atom stereocenters. The molecule has 0 radical (unpaired) electrons. The standard InChI is InChI=1S/C13H14N2O3/c1-14-5-11(16)9-6-15(2)10-4-13-12(3-8(9)10)17-7-18-13/h3-4,6,14H,5,7H2,1-2H3. The number of carbonyl (C=O) groups is 1. The fourth-order valence-electron chi connectivity index (χ4n) is 2.25. The van der Waals surface area contributed by atoms with Gasteiger partial charge in [0.2, 0.25) is 6.79 Å². The Balaban J connectivity index is 2.19. The van der Waals surface area contributed by atoms with Crippen molar-refractivity contribution in [3.63, 3.8) is 0 Å². The highest BCUT2D eigenvalue weighted by atomic mass is 16.7. The molecule has 5 nitrogen and oxygen atoms in total. The van der Waals surface area contributed by atoms with E-state index in [-0.39, 0.29) is 12.6 Å². The van der Waals surface area contributed by atoms with Crippen molar-refractivity contribution in [2.24, 2.45) is 7.05 Å². The lowest BCUT2D eigenvalue weighted by Crippen LogP contribution is -2.18. The van der Waals surface area contributed by atoms with Gasteiger partial charge in [0, 0.05) is 30.3 Å². The third kappa shape index (κ3) is 1.55. The summed E-state index contributed by atoms with van der Waals surface area (Å²) < 4.78 is 12.6. The molecular weight excluding hydrogens is 232 g/mol. The minimum Gasteiger partial charge on any atom is -0.454 e. The van der Waals surface area contributed by atoms with E-state index in [9.17, 15) is 4.79 Å². The zero-order valence-electron chi connectivity index (χ0n) is 10.3. The van der Waals surface area contributed by atoms with E-state index >= 15 is 0 Å². The Morgan fingerprint density at radius 3 is 2.83 bits per heavy atom. The summed E-state index contributed by atoms with van der Waals surface area (Å²) in [7, 11) is 3.68. The lowest BCUT2D eigenvalue weighted by atomic mass is 10.1. The maximum Gasteiger partial charge on any atom is 0.231 e. The van der Waals surface area contributed by atoms with Crippen molar-refractivity contribution in [3.8, 4) is 11.5 Å². The van der Waals surface area contributed by atoms with E-state index < -0.39 is 0 Å². The Hall–Kier alpha value is -2.01. The molecular formula is C13H14N2O3. The molecule has 0 saturated carbocycles. The number of hydrogen-bond donors (Lipinski definition) is 1. The van der Waals surface area contributed by atoms with Crippen LogP contribution in [0.2, 0.25) is 0 Å². The number of fused-ring (bicyclic) bond motifs is 2. The molecule has 0 bridgehead atoms. The summed E-state index contributed by atoms with van der Waals surface area (Å²) in [5.41, 5.74) is 1.68. The van der Waals surface area contributed by atoms with Crippen molar-refractivity contribution in [2.45, 2.75) is 0 Å². The van der Waals surface area contributed by atoms with E-state index in [2.05, 4.69) is 5.32 Å². The molecule has 1 aromatic carbocycles. The smallest absolute Gasteiger partial charge is 0.231 e. The van der Waals surface area contributed by atoms with E-state index in [4.69, 9.17) is 9.47 Å². The van der Waals surface area contributed by atoms with Gasteiger partial charge in [0.1, 0.15) is 0 Å². The highest BCUT2D eigenvalue weighted by Crippen LogP contribution is 2.37. The first-order valence-corrected chi connectivity index (χ1v) is 5.77. The van der Waals surface area contributed by atoms with Crippen LogP contribution in [-0.4, -0.2) is 30.7 Å². The summed E-state index contributed by atoms with van der Waals surface area (Å²) in [6.07, 6.45) is 1.85. The summed E-state index contributed by atoms with van der Waals surface area (Å²) in [6, 6.07) is 3.79. The zero-order chi connectivity index (χ0) is 12.7. The van der Waals surface area contributed by atoms with Gasteiger partial charge in [0.25, 0.3) is 0 Å². The highest BCUT2D eigenvalue weighted by Gasteiger charge is 2.19. The molecule has 0 amide bonds. The van der Waals surface area contributed by atoms with Gasteiger partial charge in [-0.25, -0.2) is 0 Å². The molecule has 1 N–H and O–H groups in total. The average Bonchev–Trinajstić information content (AvgIpc) is 2.92. The molecule has 1 aromatic heterocycles. The van der Waals surface area contributed by atoms with Crippen LogP contribution < -0.4 is 14.8 Å². The molecule has 2 heterocycles. The van der Waals surface area contributed by atoms with Gasteiger partial charge in [-0.05, 0) is 13.1 Å². The second-order valence-electron chi connectivity index (χ2n) is 4.33. The van der Waals surface area contributed by atoms with Crippen molar-refractivity contribution in [1.29, 1.82) is 0 Å². The third-order valence-corrected chi connectivity index (χ3v) is 3.12. The van der Waals surface area contributed by atoms with E-state index in [1.807, 2.05) is 29.9 Å². The maximum atomic E-state index is 12.0. The first-order chi connectivity index (χ1) is 8.70. The zero-order valence-corrected chi connectivity index (χ0v) is 10.3. The molecule has 0 fully saturated rings. The largest absolute Gasteiger partial charge is 0.454 e. The number of hydrogen-bond acceptors (Lipinski definition) is 4. The van der Waals surface area contributed by atoms with Gasteiger partial charge in [-0.3, -0.25) is 4.79 Å². The van der Waals surface area contributed by atoms with Crippen molar-refractivity contribution in [2.75, 3.05) is 20.4 Å². The first-order valence-electron chi connectivity index (χ1n) is 5.77. The Labute approximate surface area is 104 Å². The lowest BCUT2D eigenvalue weighted by molar-refractivity contribution is 0.0995. The molecule has 18 heavy (non-hydrogen) atoms. The van der Waals surface area contributed by atoms with Gasteiger partial charge in [-0.15, -0.1) is 0 Å². The van der Waals surface area contributed by atoms with Crippen molar-refractivity contribution < 1.29 is 14.3 Å². The quantitative estimate of drug-likeness (QED) is 0.830. The maximum absolute atomic E-state index is 12.0. The molecule has 1 aliphatic heterocycles. The van der Waals surface area contributed by atoms with Gasteiger partial charge in [-0.2, -0.15) is 0 Å². The molecule has 2 aromatic rings. The summed E-state index contributed by atoms with van der Waals surface area (Å²) in [4.78, 5) is 12.0. The van der Waals surface area contributed by atoms with Crippen molar-refractivity contribution in [3.05, 3.63) is 23.9 Å². The monoisotopic (exact) mass is 246 g/mol. The van der Waals surface area contributed by atoms with Gasteiger partial charge < -0.3 is 19.4 Å². The van der Waals surface area contributed by atoms with Crippen LogP contribution in [0.25, 0.3) is 10.9 Å². The Kier molecular flexibility index (Phi) is 2.48. The number of rotatable bonds is 3. The van der Waals surface area contributed by atoms with Gasteiger partial charge >= 0.3 is 0 Å². The first kappa shape index (κ1) is 11.1. The topological polar surface area (TPSA) is 52.5 Å². The van der Waals surface area contributed by atoms with Gasteiger partial charge in [-0.1, -0.05) is 0 Å². The van der Waals surface area contributed by atoms with Gasteiger partial charge in [0.05, 0.1) is 12.1 Å². The summed E-state index contributed by atoms with van der Waals surface area (Å²) >= 11 is 0. The van der Waals surface area contributed by atoms with Crippen LogP contribution in [0.15, 0.2) is 18.3 Å². The SMILES string of the molecule is CNCC(=O)c1cn(C)c2cc3c(cc12)OCO3. The predicted molar refractivity (Wildman–Crippen MR) is 67.3 cm³/mol. The number of ether oxygens (including phenoxy) is 2. The Morgan fingerprint density at radius 1 is 1.39 bits per heavy atom. The Morgan fingerprint density at radius 2 is 2.11 bits per heavy atom. The summed E-state index contributed by atoms with van der Waals surface area (Å²) in [6.45, 7) is 0.568. The minimum atomic E-state index is 0.0713. The normalized spacial score (nSPS) is 13.2. The number of likely N-dealkylation sites (N-methyl/N-ethyl adjacent to an activating group) is 1. The fourth-order valence-corrected chi connectivity index (χ4v) is 2.25. The van der Waals surface area contributed by atoms with Crippen LogP contribution in [0.4, 0.5) is 0 Å². The molecule has 0 aliphatic carbocycles. The molecule has 3 rings (SSSR count). The lowest BCUT2D eigenvalue weighted by Gasteiger charge is -2.00. The summed E-state index contributed by atoms with van der Waals surface area (Å²) in [5, 5.41) is 3.78. The van der Waals surface area contributed by atoms with Crippen LogP contribution >= 0.6 is 0 Å². The van der Waals surface area contributed by atoms with Crippen LogP contribution in [0, 0.1) is 0 Å². The number of ketones is 1. The molecule has 0 unspecified atom stereocenters. The van der Waals surface area contributed by atoms with E-state index in [1.165, 1.54) is 0 Å². The second kappa shape index (κ2) is 4.03. The number of Topliss-reactive ketones (excluding diaryl/α,β-unsaturated/α-hetero) is 1. The van der Waals surface area contributed by atoms with Crippen LogP contribution in [0.5, 0.6) is 11.5 Å². The predicted octanol–water partition coefficient (Wildman–Crippen LogP) is 1.31. The average molecular weight is 246 g/mol. The third-order valence-electron chi connectivity index (χ3n) is 3.12. The van der Waals surface area contributed by atoms with Gasteiger partial charge in [0.15, 0.2) is 17.3 Å². The minimum absolute atomic E-state index is 0.0713. The van der Waals surface area contributed by atoms with E-state index in [1.54, 1.807) is 7.05 Å². The van der Waals surface area contributed by atoms with Crippen molar-refractivity contribution in [1.82, 2.24) is 9.88 Å². The summed E-state index contributed by atoms with van der Waals surface area (Å²) in [5.74, 6) is 1.51. The molecule has 5 heteroatoms. The number of aromatic nitrogens is 1. The number of nitrogens with zero attached hydrogens (tertiary/aromatic N) is 1. The van der Waals surface area contributed by atoms with E-state index in [0.717, 1.165) is 16.7 Å². The number of carbonyl (C=O) groups excluding carboxylic acids is 1. The fraction of sp³-hybridized carbons (Fsp3) is 0.308. The molecule has 94 valence electrons. The second-order valence-corrected chi connectivity index (χ2v) is 4.33. The number of nitrogens with one attached hydrogen (secondary N) is 1. The van der Waals surface area contributed by atoms with Crippen LogP contribution in [0.3, 0.4) is 0 Å². The Bertz CT molecular complexity index is 631. The van der Waals surface area contributed by atoms with Crippen molar-refractivity contribution >= 4 is 16.7 Å².